The van der Waals surface area contributed by atoms with E-state index in [0.29, 0.717) is 23.6 Å². The van der Waals surface area contributed by atoms with Crippen LogP contribution in [0.5, 0.6) is 0 Å². The molecule has 1 amide bonds. The molecule has 2 heterocycles. The Bertz CT molecular complexity index is 1280. The fourth-order valence-corrected chi connectivity index (χ4v) is 5.75. The lowest BCUT2D eigenvalue weighted by molar-refractivity contribution is -0.129. The summed E-state index contributed by atoms with van der Waals surface area (Å²) in [5.41, 5.74) is 6.16. The Kier molecular flexibility index (Phi) is 6.93. The zero-order chi connectivity index (χ0) is 26.3. The molecular formula is C27H29F2N5OS. The number of amidine groups is 1. The molecule has 9 heteroatoms. The first kappa shape index (κ1) is 25.8. The van der Waals surface area contributed by atoms with Gasteiger partial charge in [0, 0.05) is 31.5 Å². The summed E-state index contributed by atoms with van der Waals surface area (Å²) in [7, 11) is 3.37. The fraction of sp³-hybridized carbons (Fsp3) is 0.407. The fourth-order valence-electron chi connectivity index (χ4n) is 4.25. The molecule has 2 saturated carbocycles. The highest BCUT2D eigenvalue weighted by Gasteiger charge is 2.71. The van der Waals surface area contributed by atoms with Crippen molar-refractivity contribution < 1.29 is 13.6 Å². The molecule has 2 N–H and O–H groups in total. The highest BCUT2D eigenvalue weighted by molar-refractivity contribution is 8.15. The first-order chi connectivity index (χ1) is 17.0. The van der Waals surface area contributed by atoms with Crippen molar-refractivity contribution in [1.82, 2.24) is 14.9 Å². The van der Waals surface area contributed by atoms with Gasteiger partial charge < -0.3 is 10.6 Å². The van der Waals surface area contributed by atoms with Crippen LogP contribution in [0.4, 0.5) is 8.78 Å². The minimum atomic E-state index is -1.05. The van der Waals surface area contributed by atoms with Crippen LogP contribution in [0.3, 0.4) is 0 Å². The maximum absolute atomic E-state index is 15.2. The predicted octanol–water partition coefficient (Wildman–Crippen LogP) is 4.57. The Balaban J connectivity index is 1.47. The summed E-state index contributed by atoms with van der Waals surface area (Å²) < 4.78 is 29.1. The summed E-state index contributed by atoms with van der Waals surface area (Å²) >= 11 is 1.23. The molecule has 3 atom stereocenters. The summed E-state index contributed by atoms with van der Waals surface area (Å²) in [5.74, 6) is 4.97. The number of hydrogen-bond acceptors (Lipinski definition) is 6. The molecule has 0 spiro atoms. The minimum Gasteiger partial charge on any atom is -0.378 e. The summed E-state index contributed by atoms with van der Waals surface area (Å²) in [6.45, 7) is 7.33. The van der Waals surface area contributed by atoms with Crippen molar-refractivity contribution in [3.8, 4) is 11.8 Å². The molecule has 6 nitrogen and oxygen atoms in total. The normalized spacial score (nSPS) is 27.9. The third-order valence-corrected chi connectivity index (χ3v) is 7.90. The number of aromatic nitrogens is 2. The van der Waals surface area contributed by atoms with Gasteiger partial charge in [-0.25, -0.2) is 18.7 Å². The van der Waals surface area contributed by atoms with E-state index in [2.05, 4.69) is 33.4 Å². The monoisotopic (exact) mass is 509 g/mol. The van der Waals surface area contributed by atoms with Crippen LogP contribution in [-0.2, 0) is 4.79 Å². The minimum absolute atomic E-state index is 0.0683. The Morgan fingerprint density at radius 2 is 2.00 bits per heavy atom. The number of hydrogen-bond donors (Lipinski definition) is 1. The second-order valence-electron chi connectivity index (χ2n) is 9.77. The average molecular weight is 510 g/mol. The third-order valence-electron chi connectivity index (χ3n) is 6.61. The Hall–Kier alpha value is -3.25. The zero-order valence-electron chi connectivity index (χ0n) is 20.8. The van der Waals surface area contributed by atoms with Gasteiger partial charge >= 0.3 is 0 Å². The smallest absolute Gasteiger partial charge is 0.239 e. The number of allylic oxidation sites excluding steroid dienone is 4. The molecule has 1 aromatic heterocycles. The maximum Gasteiger partial charge on any atom is 0.239 e. The Morgan fingerprint density at radius 1 is 1.28 bits per heavy atom. The average Bonchev–Trinajstić information content (AvgIpc) is 3.76. The molecule has 0 unspecified atom stereocenters. The third kappa shape index (κ3) is 5.14. The molecular weight excluding hydrogens is 480 g/mol. The lowest BCUT2D eigenvalue weighted by Gasteiger charge is -2.34. The SMILES string of the molecule is C=C(\C(F)=C/C=C(C)/C=C(\F)c1cnc(C#CC2CC2)cn1)[C@@]1(C)N=C(N)S[C@@]2(C(=O)N(C)C)C[C@@H]12. The van der Waals surface area contributed by atoms with Crippen molar-refractivity contribution in [2.75, 3.05) is 14.1 Å². The van der Waals surface area contributed by atoms with Crippen LogP contribution in [-0.4, -0.2) is 50.3 Å². The number of rotatable bonds is 6. The zero-order valence-corrected chi connectivity index (χ0v) is 21.6. The van der Waals surface area contributed by atoms with Gasteiger partial charge in [-0.3, -0.25) is 9.79 Å². The van der Waals surface area contributed by atoms with Gasteiger partial charge in [0.05, 0.1) is 17.9 Å². The van der Waals surface area contributed by atoms with E-state index >= 15 is 4.39 Å². The van der Waals surface area contributed by atoms with Crippen LogP contribution >= 0.6 is 11.8 Å². The Labute approximate surface area is 214 Å². The number of thioether (sulfide) groups is 1. The van der Waals surface area contributed by atoms with Crippen molar-refractivity contribution >= 4 is 28.7 Å². The number of halogens is 2. The highest BCUT2D eigenvalue weighted by atomic mass is 32.2. The van der Waals surface area contributed by atoms with E-state index in [1.165, 1.54) is 47.3 Å². The lowest BCUT2D eigenvalue weighted by Crippen LogP contribution is -2.45. The van der Waals surface area contributed by atoms with Crippen LogP contribution < -0.4 is 5.73 Å². The van der Waals surface area contributed by atoms with Crippen molar-refractivity contribution in [2.24, 2.45) is 22.6 Å². The molecule has 2 aliphatic carbocycles. The molecule has 0 radical (unpaired) electrons. The van der Waals surface area contributed by atoms with Crippen molar-refractivity contribution in [3.05, 3.63) is 65.6 Å². The molecule has 188 valence electrons. The highest BCUT2D eigenvalue weighted by Crippen LogP contribution is 2.65. The van der Waals surface area contributed by atoms with Crippen LogP contribution in [0.25, 0.3) is 5.83 Å². The second-order valence-corrected chi connectivity index (χ2v) is 11.1. The van der Waals surface area contributed by atoms with E-state index in [0.717, 1.165) is 12.8 Å². The molecule has 4 rings (SSSR count). The largest absolute Gasteiger partial charge is 0.378 e. The molecule has 0 bridgehead atoms. The number of nitrogens with two attached hydrogens (primary N) is 1. The number of nitrogens with zero attached hydrogens (tertiary/aromatic N) is 4. The number of carbonyl (C=O) groups excluding carboxylic acids is 1. The summed E-state index contributed by atoms with van der Waals surface area (Å²) in [4.78, 5) is 27.0. The van der Waals surface area contributed by atoms with Crippen molar-refractivity contribution in [3.63, 3.8) is 0 Å². The van der Waals surface area contributed by atoms with Gasteiger partial charge in [-0.05, 0) is 56.8 Å². The van der Waals surface area contributed by atoms with Crippen molar-refractivity contribution in [2.45, 2.75) is 43.4 Å². The van der Waals surface area contributed by atoms with E-state index < -0.39 is 21.9 Å². The van der Waals surface area contributed by atoms with Gasteiger partial charge in [0.1, 0.15) is 22.0 Å². The topological polar surface area (TPSA) is 84.5 Å². The lowest BCUT2D eigenvalue weighted by atomic mass is 9.85. The summed E-state index contributed by atoms with van der Waals surface area (Å²) in [6, 6.07) is 0. The number of amides is 1. The molecule has 3 aliphatic rings. The van der Waals surface area contributed by atoms with Gasteiger partial charge in [-0.15, -0.1) is 0 Å². The van der Waals surface area contributed by atoms with Gasteiger partial charge in [-0.2, -0.15) is 0 Å². The first-order valence-electron chi connectivity index (χ1n) is 11.7. The quantitative estimate of drug-likeness (QED) is 0.449. The summed E-state index contributed by atoms with van der Waals surface area (Å²) in [5, 5.41) is 0.234. The number of aliphatic imine (C=N–C) groups is 1. The predicted molar refractivity (Wildman–Crippen MR) is 140 cm³/mol. The molecule has 36 heavy (non-hydrogen) atoms. The van der Waals surface area contributed by atoms with Crippen LogP contribution in [0.1, 0.15) is 44.5 Å². The van der Waals surface area contributed by atoms with E-state index in [4.69, 9.17) is 5.73 Å². The van der Waals surface area contributed by atoms with Crippen molar-refractivity contribution in [1.29, 1.82) is 0 Å². The number of carbonyl (C=O) groups is 1. The van der Waals surface area contributed by atoms with Gasteiger partial charge in [0.15, 0.2) is 11.0 Å². The first-order valence-corrected chi connectivity index (χ1v) is 12.5. The van der Waals surface area contributed by atoms with Crippen LogP contribution in [0.15, 0.2) is 59.2 Å². The van der Waals surface area contributed by atoms with Gasteiger partial charge in [0.25, 0.3) is 0 Å². The molecule has 0 aromatic carbocycles. The molecule has 2 fully saturated rings. The van der Waals surface area contributed by atoms with E-state index in [-0.39, 0.29) is 28.3 Å². The summed E-state index contributed by atoms with van der Waals surface area (Å²) in [6.07, 6.45) is 9.45. The van der Waals surface area contributed by atoms with Gasteiger partial charge in [0.2, 0.25) is 5.91 Å². The van der Waals surface area contributed by atoms with E-state index in [1.54, 1.807) is 27.9 Å². The molecule has 1 aliphatic heterocycles. The van der Waals surface area contributed by atoms with Gasteiger partial charge in [-0.1, -0.05) is 30.3 Å². The molecule has 1 aromatic rings. The molecule has 0 saturated heterocycles. The number of fused-ring (bicyclic) bond motifs is 1. The van der Waals surface area contributed by atoms with Crippen LogP contribution in [0, 0.1) is 23.7 Å². The second kappa shape index (κ2) is 9.66. The van der Waals surface area contributed by atoms with E-state index in [9.17, 15) is 9.18 Å². The maximum atomic E-state index is 15.2. The Morgan fingerprint density at radius 3 is 2.61 bits per heavy atom. The standard InChI is InChI=1S/C27H29F2N5OS/c1-16(12-21(29)22-15-31-19(14-32-22)10-9-18-7-8-18)6-11-20(28)17(2)26(3)23-13-27(23,24(35)34(4)5)36-25(30)33-26/h6,11-12,14-15,18,23H,2,7-8,13H2,1,3-5H3,(H2,30,33)/b16-6+,20-11+,21-12-/t23-,26+,27-/m0/s1. The van der Waals surface area contributed by atoms with Crippen LogP contribution in [0.2, 0.25) is 0 Å². The van der Waals surface area contributed by atoms with E-state index in [1.807, 2.05) is 0 Å².